The minimum absolute atomic E-state index is 0.0209. The first-order valence-electron chi connectivity index (χ1n) is 12.1. The zero-order chi connectivity index (χ0) is 25.1. The Morgan fingerprint density at radius 2 is 1.72 bits per heavy atom. The molecule has 1 unspecified atom stereocenters. The van der Waals surface area contributed by atoms with E-state index in [1.54, 1.807) is 21.7 Å². The minimum atomic E-state index is -0.346. The van der Waals surface area contributed by atoms with Crippen LogP contribution in [0.5, 0.6) is 5.75 Å². The van der Waals surface area contributed by atoms with E-state index < -0.39 is 0 Å². The summed E-state index contributed by atoms with van der Waals surface area (Å²) in [5.41, 5.74) is 1.47. The highest BCUT2D eigenvalue weighted by Crippen LogP contribution is 2.28. The van der Waals surface area contributed by atoms with Crippen molar-refractivity contribution in [3.8, 4) is 11.4 Å². The average molecular weight is 494 g/mol. The molecule has 1 aromatic heterocycles. The van der Waals surface area contributed by atoms with Crippen molar-refractivity contribution in [3.05, 3.63) is 60.2 Å². The van der Waals surface area contributed by atoms with E-state index in [-0.39, 0.29) is 30.0 Å². The Kier molecular flexibility index (Phi) is 6.90. The van der Waals surface area contributed by atoms with Gasteiger partial charge in [-0.3, -0.25) is 14.5 Å². The van der Waals surface area contributed by atoms with Gasteiger partial charge in [-0.15, -0.1) is 5.10 Å². The summed E-state index contributed by atoms with van der Waals surface area (Å²) in [7, 11) is 0. The number of carbonyl (C=O) groups excluding carboxylic acids is 2. The Balaban J connectivity index is 1.15. The summed E-state index contributed by atoms with van der Waals surface area (Å²) in [5.74, 6) is 0.720. The van der Waals surface area contributed by atoms with E-state index in [1.165, 1.54) is 12.1 Å². The quantitative estimate of drug-likeness (QED) is 0.496. The Morgan fingerprint density at radius 1 is 1.03 bits per heavy atom. The maximum Gasteiger partial charge on any atom is 0.228 e. The summed E-state index contributed by atoms with van der Waals surface area (Å²) in [6, 6.07) is 13.4. The summed E-state index contributed by atoms with van der Waals surface area (Å²) in [6.07, 6.45) is 0.221. The Bertz CT molecular complexity index is 1210. The largest absolute Gasteiger partial charge is 0.494 e. The molecule has 2 aliphatic heterocycles. The number of halogens is 1. The van der Waals surface area contributed by atoms with E-state index in [9.17, 15) is 14.0 Å². The van der Waals surface area contributed by atoms with Crippen LogP contribution in [0, 0.1) is 11.7 Å². The van der Waals surface area contributed by atoms with Crippen LogP contribution in [0.1, 0.15) is 19.2 Å². The molecule has 0 radical (unpaired) electrons. The van der Waals surface area contributed by atoms with Gasteiger partial charge in [-0.05, 0) is 65.9 Å². The van der Waals surface area contributed by atoms with Crippen molar-refractivity contribution in [2.75, 3.05) is 44.2 Å². The van der Waals surface area contributed by atoms with Crippen LogP contribution in [0.2, 0.25) is 0 Å². The summed E-state index contributed by atoms with van der Waals surface area (Å²) >= 11 is 0. The highest BCUT2D eigenvalue weighted by molar-refractivity contribution is 6.00. The van der Waals surface area contributed by atoms with Gasteiger partial charge in [0.15, 0.2) is 5.82 Å². The second kappa shape index (κ2) is 10.4. The SMILES string of the molecule is CCOc1ccc(N2CC(C(=O)N3CCN(Cc4nnnn4-c4ccc(F)cc4)CC3)CC2=O)cc1. The van der Waals surface area contributed by atoms with Crippen molar-refractivity contribution in [2.45, 2.75) is 19.9 Å². The fourth-order valence-electron chi connectivity index (χ4n) is 4.68. The van der Waals surface area contributed by atoms with Crippen LogP contribution in [0.3, 0.4) is 0 Å². The van der Waals surface area contributed by atoms with E-state index in [0.29, 0.717) is 57.4 Å². The van der Waals surface area contributed by atoms with Crippen LogP contribution < -0.4 is 9.64 Å². The molecule has 2 aliphatic rings. The van der Waals surface area contributed by atoms with Gasteiger partial charge in [0.05, 0.1) is 24.8 Å². The number of amides is 2. The third-order valence-electron chi connectivity index (χ3n) is 6.59. The molecule has 0 N–H and O–H groups in total. The molecule has 2 fully saturated rings. The lowest BCUT2D eigenvalue weighted by Crippen LogP contribution is -2.50. The molecule has 36 heavy (non-hydrogen) atoms. The molecule has 0 bridgehead atoms. The molecular weight excluding hydrogens is 465 g/mol. The molecule has 3 heterocycles. The molecule has 5 rings (SSSR count). The lowest BCUT2D eigenvalue weighted by Gasteiger charge is -2.35. The number of carbonyl (C=O) groups is 2. The number of piperazine rings is 1. The van der Waals surface area contributed by atoms with Crippen molar-refractivity contribution < 1.29 is 18.7 Å². The van der Waals surface area contributed by atoms with Gasteiger partial charge < -0.3 is 14.5 Å². The molecule has 0 aliphatic carbocycles. The third kappa shape index (κ3) is 5.06. The van der Waals surface area contributed by atoms with Gasteiger partial charge in [0.25, 0.3) is 0 Å². The molecule has 3 aromatic rings. The van der Waals surface area contributed by atoms with E-state index in [2.05, 4.69) is 20.4 Å². The first kappa shape index (κ1) is 23.9. The summed E-state index contributed by atoms with van der Waals surface area (Å²) < 4.78 is 20.3. The van der Waals surface area contributed by atoms with Crippen molar-refractivity contribution in [2.24, 2.45) is 5.92 Å². The number of tetrazole rings is 1. The van der Waals surface area contributed by atoms with E-state index in [1.807, 2.05) is 36.1 Å². The van der Waals surface area contributed by atoms with Crippen molar-refractivity contribution in [3.63, 3.8) is 0 Å². The van der Waals surface area contributed by atoms with Crippen LogP contribution in [0.25, 0.3) is 5.69 Å². The molecule has 0 saturated carbocycles. The lowest BCUT2D eigenvalue weighted by molar-refractivity contribution is -0.137. The van der Waals surface area contributed by atoms with Crippen molar-refractivity contribution >= 4 is 17.5 Å². The van der Waals surface area contributed by atoms with E-state index >= 15 is 0 Å². The first-order chi connectivity index (χ1) is 17.5. The molecule has 1 atom stereocenters. The summed E-state index contributed by atoms with van der Waals surface area (Å²) in [5, 5.41) is 11.9. The third-order valence-corrected chi connectivity index (χ3v) is 6.59. The van der Waals surface area contributed by atoms with Gasteiger partial charge in [0, 0.05) is 44.8 Å². The smallest absolute Gasteiger partial charge is 0.228 e. The number of ether oxygens (including phenoxy) is 1. The molecule has 0 spiro atoms. The number of anilines is 1. The number of rotatable bonds is 7. The van der Waals surface area contributed by atoms with Crippen LogP contribution >= 0.6 is 0 Å². The van der Waals surface area contributed by atoms with Gasteiger partial charge in [-0.25, -0.2) is 4.39 Å². The van der Waals surface area contributed by atoms with E-state index in [4.69, 9.17) is 4.74 Å². The number of aromatic nitrogens is 4. The van der Waals surface area contributed by atoms with Gasteiger partial charge >= 0.3 is 0 Å². The normalized spacial score (nSPS) is 18.6. The molecule has 10 nitrogen and oxygen atoms in total. The fraction of sp³-hybridized carbons (Fsp3) is 0.400. The highest BCUT2D eigenvalue weighted by Gasteiger charge is 2.38. The van der Waals surface area contributed by atoms with Gasteiger partial charge in [-0.1, -0.05) is 0 Å². The predicted molar refractivity (Wildman–Crippen MR) is 129 cm³/mol. The highest BCUT2D eigenvalue weighted by atomic mass is 19.1. The van der Waals surface area contributed by atoms with Crippen LogP contribution in [0.4, 0.5) is 10.1 Å². The molecule has 2 aromatic carbocycles. The van der Waals surface area contributed by atoms with Crippen LogP contribution in [-0.2, 0) is 16.1 Å². The maximum atomic E-state index is 13.3. The first-order valence-corrected chi connectivity index (χ1v) is 12.1. The number of hydrogen-bond donors (Lipinski definition) is 0. The second-order valence-electron chi connectivity index (χ2n) is 8.92. The van der Waals surface area contributed by atoms with Gasteiger partial charge in [0.1, 0.15) is 11.6 Å². The summed E-state index contributed by atoms with van der Waals surface area (Å²) in [6.45, 7) is 5.90. The average Bonchev–Trinajstić information content (AvgIpc) is 3.52. The standard InChI is InChI=1S/C25H28FN7O3/c1-2-36-22-9-7-20(8-10-22)32-16-18(15-24(32)34)25(35)31-13-11-30(12-14-31)17-23-27-28-29-33(23)21-5-3-19(26)4-6-21/h3-10,18H,2,11-17H2,1H3. The van der Waals surface area contributed by atoms with Crippen molar-refractivity contribution in [1.82, 2.24) is 30.0 Å². The monoisotopic (exact) mass is 493 g/mol. The van der Waals surface area contributed by atoms with Crippen LogP contribution in [-0.4, -0.2) is 81.2 Å². The molecular formula is C25H28FN7O3. The number of benzene rings is 2. The van der Waals surface area contributed by atoms with E-state index in [0.717, 1.165) is 11.4 Å². The molecule has 11 heteroatoms. The zero-order valence-electron chi connectivity index (χ0n) is 20.1. The number of nitrogens with zero attached hydrogens (tertiary/aromatic N) is 7. The summed E-state index contributed by atoms with van der Waals surface area (Å²) in [4.78, 5) is 31.6. The van der Waals surface area contributed by atoms with Crippen LogP contribution in [0.15, 0.2) is 48.5 Å². The Labute approximate surface area is 208 Å². The topological polar surface area (TPSA) is 96.7 Å². The van der Waals surface area contributed by atoms with Gasteiger partial charge in [0.2, 0.25) is 11.8 Å². The minimum Gasteiger partial charge on any atom is -0.494 e. The predicted octanol–water partition coefficient (Wildman–Crippen LogP) is 1.90. The molecule has 2 amide bonds. The van der Waals surface area contributed by atoms with Gasteiger partial charge in [-0.2, -0.15) is 4.68 Å². The zero-order valence-corrected chi connectivity index (χ0v) is 20.1. The maximum absolute atomic E-state index is 13.3. The Hall–Kier alpha value is -3.86. The Morgan fingerprint density at radius 3 is 2.42 bits per heavy atom. The lowest BCUT2D eigenvalue weighted by atomic mass is 10.1. The van der Waals surface area contributed by atoms with Crippen molar-refractivity contribution in [1.29, 1.82) is 0 Å². The fourth-order valence-corrected chi connectivity index (χ4v) is 4.68. The molecule has 2 saturated heterocycles. The molecule has 188 valence electrons. The number of hydrogen-bond acceptors (Lipinski definition) is 7. The second-order valence-corrected chi connectivity index (χ2v) is 8.92.